The molecule has 2 aromatic rings. The largest absolute Gasteiger partial charge is 0.493 e. The Kier molecular flexibility index (Phi) is 8.12. The van der Waals surface area contributed by atoms with Crippen molar-refractivity contribution in [1.29, 1.82) is 0 Å². The average molecular weight is 542 g/mol. The molecular weight excluding hydrogens is 512 g/mol. The van der Waals surface area contributed by atoms with Gasteiger partial charge in [0.1, 0.15) is 6.61 Å². The zero-order chi connectivity index (χ0) is 24.1. The van der Waals surface area contributed by atoms with Crippen molar-refractivity contribution < 1.29 is 14.3 Å². The van der Waals surface area contributed by atoms with Crippen molar-refractivity contribution in [1.82, 2.24) is 4.90 Å². The van der Waals surface area contributed by atoms with Gasteiger partial charge in [-0.2, -0.15) is 0 Å². The van der Waals surface area contributed by atoms with E-state index in [0.717, 1.165) is 35.0 Å². The normalized spacial score (nSPS) is 23.6. The number of thioether (sulfide) groups is 1. The molecule has 0 radical (unpaired) electrons. The lowest BCUT2D eigenvalue weighted by atomic mass is 9.85. The summed E-state index contributed by atoms with van der Waals surface area (Å²) in [5.74, 6) is 4.12. The van der Waals surface area contributed by atoms with Gasteiger partial charge in [0.05, 0.1) is 16.5 Å². The van der Waals surface area contributed by atoms with Crippen LogP contribution in [-0.2, 0) is 4.79 Å². The molecule has 2 aliphatic rings. The van der Waals surface area contributed by atoms with Crippen LogP contribution in [-0.4, -0.2) is 36.1 Å². The number of terminal acetylenes is 1. The zero-order valence-corrected chi connectivity index (χ0v) is 21.8. The molecule has 2 aromatic carbocycles. The van der Waals surface area contributed by atoms with Gasteiger partial charge in [0, 0.05) is 11.7 Å². The number of hydrogen-bond acceptors (Lipinski definition) is 5. The Labute approximate surface area is 214 Å². The highest BCUT2D eigenvalue weighted by Crippen LogP contribution is 2.43. The van der Waals surface area contributed by atoms with Crippen LogP contribution >= 0.6 is 27.7 Å². The molecule has 1 saturated heterocycles. The van der Waals surface area contributed by atoms with Crippen molar-refractivity contribution in [2.45, 2.75) is 44.1 Å². The molecule has 34 heavy (non-hydrogen) atoms. The number of methoxy groups -OCH3 is 1. The van der Waals surface area contributed by atoms with Crippen LogP contribution in [0.2, 0.25) is 0 Å². The van der Waals surface area contributed by atoms with E-state index >= 15 is 0 Å². The zero-order valence-electron chi connectivity index (χ0n) is 19.4. The quantitative estimate of drug-likeness (QED) is 0.327. The van der Waals surface area contributed by atoms with Crippen LogP contribution in [0.5, 0.6) is 11.5 Å². The van der Waals surface area contributed by atoms with Gasteiger partial charge in [-0.05, 0) is 70.6 Å². The van der Waals surface area contributed by atoms with E-state index in [1.54, 1.807) is 18.9 Å². The molecule has 1 N–H and O–H groups in total. The first kappa shape index (κ1) is 24.6. The molecule has 1 aliphatic heterocycles. The Morgan fingerprint density at radius 3 is 2.74 bits per heavy atom. The summed E-state index contributed by atoms with van der Waals surface area (Å²) < 4.78 is 11.9. The summed E-state index contributed by atoms with van der Waals surface area (Å²) in [6, 6.07) is 14.1. The number of rotatable bonds is 7. The van der Waals surface area contributed by atoms with Crippen molar-refractivity contribution in [3.8, 4) is 23.8 Å². The lowest BCUT2D eigenvalue weighted by molar-refractivity contribution is -0.129. The first-order chi connectivity index (χ1) is 16.5. The highest BCUT2D eigenvalue weighted by Gasteiger charge is 2.42. The van der Waals surface area contributed by atoms with Crippen LogP contribution in [0.4, 0.5) is 5.69 Å². The molecule has 2 fully saturated rings. The van der Waals surface area contributed by atoms with Gasteiger partial charge in [-0.15, -0.1) is 6.42 Å². The minimum Gasteiger partial charge on any atom is -0.493 e. The second-order valence-electron chi connectivity index (χ2n) is 8.56. The van der Waals surface area contributed by atoms with Gasteiger partial charge < -0.3 is 19.7 Å². The summed E-state index contributed by atoms with van der Waals surface area (Å²) in [5.41, 5.74) is 1.70. The van der Waals surface area contributed by atoms with E-state index in [4.69, 9.17) is 15.9 Å². The number of amides is 1. The molecular formula is C27H29BrN2O3S. The monoisotopic (exact) mass is 540 g/mol. The first-order valence-corrected chi connectivity index (χ1v) is 13.2. The number of carbonyl (C=O) groups is 1. The van der Waals surface area contributed by atoms with E-state index in [1.165, 1.54) is 6.42 Å². The second kappa shape index (κ2) is 11.2. The van der Waals surface area contributed by atoms with E-state index in [-0.39, 0.29) is 24.1 Å². The number of ether oxygens (including phenoxy) is 2. The molecule has 1 heterocycles. The number of halogens is 1. The Hall–Kier alpha value is -2.56. The molecule has 7 heteroatoms. The van der Waals surface area contributed by atoms with Crippen LogP contribution < -0.4 is 14.8 Å². The Bertz CT molecular complexity index is 1100. The van der Waals surface area contributed by atoms with Gasteiger partial charge in [-0.1, -0.05) is 55.6 Å². The predicted octanol–water partition coefficient (Wildman–Crippen LogP) is 6.36. The lowest BCUT2D eigenvalue weighted by Crippen LogP contribution is -2.48. The molecule has 0 aromatic heterocycles. The lowest BCUT2D eigenvalue weighted by Gasteiger charge is -2.39. The van der Waals surface area contributed by atoms with Crippen molar-refractivity contribution in [2.75, 3.05) is 19.0 Å². The maximum absolute atomic E-state index is 13.7. The van der Waals surface area contributed by atoms with Gasteiger partial charge in [0.15, 0.2) is 17.0 Å². The fraction of sp³-hybridized carbons (Fsp3) is 0.370. The molecule has 1 amide bonds. The third kappa shape index (κ3) is 5.39. The van der Waals surface area contributed by atoms with Crippen LogP contribution in [0, 0.1) is 18.3 Å². The second-order valence-corrected chi connectivity index (χ2v) is 10.5. The molecule has 1 saturated carbocycles. The van der Waals surface area contributed by atoms with Gasteiger partial charge in [-0.3, -0.25) is 4.79 Å². The number of nitrogens with zero attached hydrogens (tertiary/aromatic N) is 1. The predicted molar refractivity (Wildman–Crippen MR) is 143 cm³/mol. The first-order valence-electron chi connectivity index (χ1n) is 11.5. The number of carbonyl (C=O) groups excluding carboxylic acids is 1. The van der Waals surface area contributed by atoms with Gasteiger partial charge >= 0.3 is 0 Å². The highest BCUT2D eigenvalue weighted by molar-refractivity contribution is 9.10. The summed E-state index contributed by atoms with van der Waals surface area (Å²) in [6.45, 7) is 2.41. The fourth-order valence-electron chi connectivity index (χ4n) is 4.60. The van der Waals surface area contributed by atoms with Crippen molar-refractivity contribution in [3.05, 3.63) is 57.4 Å². The summed E-state index contributed by atoms with van der Waals surface area (Å²) in [5, 5.41) is 3.58. The number of hydrogen-bond donors (Lipinski definition) is 1. The van der Waals surface area contributed by atoms with Crippen LogP contribution in [0.3, 0.4) is 0 Å². The number of benzene rings is 2. The summed E-state index contributed by atoms with van der Waals surface area (Å²) in [6.07, 6.45) is 11.8. The number of anilines is 1. The van der Waals surface area contributed by atoms with E-state index in [2.05, 4.69) is 39.0 Å². The third-order valence-electron chi connectivity index (χ3n) is 6.27. The van der Waals surface area contributed by atoms with Gasteiger partial charge in [0.2, 0.25) is 0 Å². The molecule has 0 bridgehead atoms. The van der Waals surface area contributed by atoms with E-state index in [9.17, 15) is 4.79 Å². The summed E-state index contributed by atoms with van der Waals surface area (Å²) in [7, 11) is 1.59. The van der Waals surface area contributed by atoms with Gasteiger partial charge in [0.25, 0.3) is 5.91 Å². The molecule has 5 nitrogen and oxygen atoms in total. The summed E-state index contributed by atoms with van der Waals surface area (Å²) in [4.78, 5) is 16.5. The smallest absolute Gasteiger partial charge is 0.262 e. The number of nitrogens with one attached hydrogen (secondary N) is 1. The summed E-state index contributed by atoms with van der Waals surface area (Å²) >= 11 is 5.12. The maximum Gasteiger partial charge on any atom is 0.262 e. The minimum atomic E-state index is -0.157. The van der Waals surface area contributed by atoms with Crippen molar-refractivity contribution >= 4 is 45.4 Å². The Morgan fingerprint density at radius 1 is 1.26 bits per heavy atom. The molecule has 1 unspecified atom stereocenters. The Balaban J connectivity index is 1.66. The Morgan fingerprint density at radius 2 is 2.03 bits per heavy atom. The third-order valence-corrected chi connectivity index (χ3v) is 7.98. The molecule has 0 spiro atoms. The molecule has 4 rings (SSSR count). The van der Waals surface area contributed by atoms with Crippen LogP contribution in [0.15, 0.2) is 51.8 Å². The number of para-hydroxylation sites is 1. The molecule has 3 atom stereocenters. The van der Waals surface area contributed by atoms with E-state index in [1.807, 2.05) is 48.5 Å². The topological polar surface area (TPSA) is 50.8 Å². The average Bonchev–Trinajstić information content (AvgIpc) is 3.13. The van der Waals surface area contributed by atoms with Crippen LogP contribution in [0.25, 0.3) is 6.08 Å². The van der Waals surface area contributed by atoms with Crippen LogP contribution in [0.1, 0.15) is 38.2 Å². The standard InChI is InChI=1S/C27H29BrN2O3S/c1-4-14-33-25-21(28)15-19(16-23(25)32-3)17-24-26(31)30(22-13-9-8-10-18(22)2)27(34-24)29-20-11-6-5-7-12-20/h1,5-7,11-12,15-18,22,27,29H,8-10,13-14H2,2-3H3/b24-17-/t18-,22+,27?/m1/s1. The SMILES string of the molecule is C#CCOc1c(Br)cc(/C=C2\SC(Nc3ccccc3)N([C@H]3CCCC[C@H]3C)C2=O)cc1OC. The van der Waals surface area contributed by atoms with E-state index < -0.39 is 0 Å². The van der Waals surface area contributed by atoms with Gasteiger partial charge in [-0.25, -0.2) is 0 Å². The van der Waals surface area contributed by atoms with Crippen molar-refractivity contribution in [3.63, 3.8) is 0 Å². The fourth-order valence-corrected chi connectivity index (χ4v) is 6.38. The molecule has 178 valence electrons. The molecule has 1 aliphatic carbocycles. The van der Waals surface area contributed by atoms with Crippen molar-refractivity contribution in [2.24, 2.45) is 5.92 Å². The van der Waals surface area contributed by atoms with E-state index in [0.29, 0.717) is 22.3 Å². The minimum absolute atomic E-state index is 0.0694. The highest BCUT2D eigenvalue weighted by atomic mass is 79.9. The maximum atomic E-state index is 13.7.